The van der Waals surface area contributed by atoms with Gasteiger partial charge >= 0.3 is 6.18 Å². The summed E-state index contributed by atoms with van der Waals surface area (Å²) >= 11 is 0. The molecule has 22 heavy (non-hydrogen) atoms. The topological polar surface area (TPSA) is 71.1 Å². The third kappa shape index (κ3) is 3.81. The molecule has 2 amide bonds. The van der Waals surface area contributed by atoms with E-state index in [1.54, 1.807) is 0 Å². The summed E-state index contributed by atoms with van der Waals surface area (Å²) in [6.45, 7) is 0. The minimum Gasteiger partial charge on any atom is -0.267 e. The first-order chi connectivity index (χ1) is 10.4. The second kappa shape index (κ2) is 6.25. The Morgan fingerprint density at radius 2 is 1.59 bits per heavy atom. The van der Waals surface area contributed by atoms with Gasteiger partial charge in [-0.2, -0.15) is 13.2 Å². The first-order valence-corrected chi connectivity index (χ1v) is 6.06. The molecule has 1 aromatic carbocycles. The number of carbonyl (C=O) groups is 2. The first kappa shape index (κ1) is 15.5. The molecule has 8 heteroatoms. The standard InChI is InChI=1S/C14H10F3N3O2/c15-14(16,17)11-5-1-3-9(7-11)12(21)19-20-13(22)10-4-2-6-18-8-10/h1-8H,(H,19,21)(H,20,22). The summed E-state index contributed by atoms with van der Waals surface area (Å²) in [6.07, 6.45) is -1.79. The maximum atomic E-state index is 12.6. The molecule has 2 N–H and O–H groups in total. The van der Waals surface area contributed by atoms with Crippen LogP contribution < -0.4 is 10.9 Å². The molecule has 0 radical (unpaired) electrons. The fraction of sp³-hybridized carbons (Fsp3) is 0.0714. The van der Waals surface area contributed by atoms with E-state index in [-0.39, 0.29) is 11.1 Å². The smallest absolute Gasteiger partial charge is 0.267 e. The summed E-state index contributed by atoms with van der Waals surface area (Å²) in [6, 6.07) is 6.88. The van der Waals surface area contributed by atoms with Crippen molar-refractivity contribution in [2.75, 3.05) is 0 Å². The average molecular weight is 309 g/mol. The summed E-state index contributed by atoms with van der Waals surface area (Å²) < 4.78 is 37.7. The number of aromatic nitrogens is 1. The van der Waals surface area contributed by atoms with Gasteiger partial charge in [0.15, 0.2) is 0 Å². The lowest BCUT2D eigenvalue weighted by Crippen LogP contribution is -2.41. The van der Waals surface area contributed by atoms with Gasteiger partial charge in [0.1, 0.15) is 0 Å². The Balaban J connectivity index is 2.03. The molecule has 5 nitrogen and oxygen atoms in total. The van der Waals surface area contributed by atoms with Crippen molar-refractivity contribution >= 4 is 11.8 Å². The molecular weight excluding hydrogens is 299 g/mol. The lowest BCUT2D eigenvalue weighted by molar-refractivity contribution is -0.137. The Labute approximate surface area is 123 Å². The number of pyridine rings is 1. The summed E-state index contributed by atoms with van der Waals surface area (Å²) in [5.41, 5.74) is 3.17. The number of hydrazine groups is 1. The Morgan fingerprint density at radius 3 is 2.18 bits per heavy atom. The maximum Gasteiger partial charge on any atom is 0.416 e. The SMILES string of the molecule is O=C(NNC(=O)c1cccc(C(F)(F)F)c1)c1cccnc1. The number of carbonyl (C=O) groups excluding carboxylic acids is 2. The molecule has 0 fully saturated rings. The molecule has 2 rings (SSSR count). The molecule has 1 heterocycles. The normalized spacial score (nSPS) is 10.9. The van der Waals surface area contributed by atoms with E-state index >= 15 is 0 Å². The average Bonchev–Trinajstić information content (AvgIpc) is 2.52. The second-order valence-electron chi connectivity index (χ2n) is 4.23. The van der Waals surface area contributed by atoms with Crippen LogP contribution in [0.15, 0.2) is 48.8 Å². The van der Waals surface area contributed by atoms with Gasteiger partial charge in [0.25, 0.3) is 11.8 Å². The third-order valence-corrected chi connectivity index (χ3v) is 2.67. The third-order valence-electron chi connectivity index (χ3n) is 2.67. The Hall–Kier alpha value is -2.90. The van der Waals surface area contributed by atoms with Gasteiger partial charge < -0.3 is 0 Å². The van der Waals surface area contributed by atoms with Gasteiger partial charge in [-0.3, -0.25) is 25.4 Å². The quantitative estimate of drug-likeness (QED) is 0.835. The molecule has 0 aliphatic rings. The highest BCUT2D eigenvalue weighted by molar-refractivity contribution is 5.98. The number of amides is 2. The predicted molar refractivity (Wildman–Crippen MR) is 70.6 cm³/mol. The van der Waals surface area contributed by atoms with Crippen molar-refractivity contribution in [2.24, 2.45) is 0 Å². The van der Waals surface area contributed by atoms with Crippen molar-refractivity contribution in [1.29, 1.82) is 0 Å². The van der Waals surface area contributed by atoms with Crippen LogP contribution in [-0.4, -0.2) is 16.8 Å². The van der Waals surface area contributed by atoms with E-state index < -0.39 is 23.6 Å². The summed E-state index contributed by atoms with van der Waals surface area (Å²) in [7, 11) is 0. The largest absolute Gasteiger partial charge is 0.416 e. The van der Waals surface area contributed by atoms with Crippen molar-refractivity contribution in [3.63, 3.8) is 0 Å². The maximum absolute atomic E-state index is 12.6. The van der Waals surface area contributed by atoms with Crippen molar-refractivity contribution in [3.05, 3.63) is 65.5 Å². The zero-order chi connectivity index (χ0) is 16.2. The number of hydrogen-bond acceptors (Lipinski definition) is 3. The number of nitrogens with zero attached hydrogens (tertiary/aromatic N) is 1. The summed E-state index contributed by atoms with van der Waals surface area (Å²) in [4.78, 5) is 27.1. The molecule has 0 spiro atoms. The molecule has 0 unspecified atom stereocenters. The molecule has 0 aliphatic heterocycles. The van der Waals surface area contributed by atoms with E-state index in [1.165, 1.54) is 30.6 Å². The van der Waals surface area contributed by atoms with Crippen LogP contribution in [0.5, 0.6) is 0 Å². The molecular formula is C14H10F3N3O2. The van der Waals surface area contributed by atoms with Gasteiger partial charge in [0.05, 0.1) is 11.1 Å². The number of alkyl halides is 3. The predicted octanol–water partition coefficient (Wildman–Crippen LogP) is 2.18. The van der Waals surface area contributed by atoms with Crippen molar-refractivity contribution in [2.45, 2.75) is 6.18 Å². The van der Waals surface area contributed by atoms with Gasteiger partial charge in [-0.05, 0) is 30.3 Å². The molecule has 2 aromatic rings. The number of benzene rings is 1. The summed E-state index contributed by atoms with van der Waals surface area (Å²) in [5, 5.41) is 0. The van der Waals surface area contributed by atoms with Gasteiger partial charge in [-0.15, -0.1) is 0 Å². The molecule has 0 saturated heterocycles. The van der Waals surface area contributed by atoms with E-state index in [2.05, 4.69) is 10.4 Å². The Morgan fingerprint density at radius 1 is 0.955 bits per heavy atom. The van der Waals surface area contributed by atoms with E-state index in [1.807, 2.05) is 5.43 Å². The zero-order valence-corrected chi connectivity index (χ0v) is 11.0. The first-order valence-electron chi connectivity index (χ1n) is 6.06. The van der Waals surface area contributed by atoms with E-state index in [4.69, 9.17) is 0 Å². The Kier molecular flexibility index (Phi) is 4.40. The van der Waals surface area contributed by atoms with Gasteiger partial charge in [-0.1, -0.05) is 6.07 Å². The Bertz CT molecular complexity index is 687. The van der Waals surface area contributed by atoms with Crippen LogP contribution in [0.25, 0.3) is 0 Å². The van der Waals surface area contributed by atoms with E-state index in [9.17, 15) is 22.8 Å². The minimum atomic E-state index is -4.55. The molecule has 0 aliphatic carbocycles. The summed E-state index contributed by atoms with van der Waals surface area (Å²) in [5.74, 6) is -1.49. The number of hydrogen-bond donors (Lipinski definition) is 2. The molecule has 114 valence electrons. The fourth-order valence-electron chi connectivity index (χ4n) is 1.59. The molecule has 1 aromatic heterocycles. The minimum absolute atomic E-state index is 0.201. The number of nitrogens with one attached hydrogen (secondary N) is 2. The van der Waals surface area contributed by atoms with Crippen LogP contribution in [0.3, 0.4) is 0 Å². The van der Waals surface area contributed by atoms with E-state index in [0.717, 1.165) is 12.1 Å². The van der Waals surface area contributed by atoms with Gasteiger partial charge in [0.2, 0.25) is 0 Å². The van der Waals surface area contributed by atoms with Crippen LogP contribution >= 0.6 is 0 Å². The van der Waals surface area contributed by atoms with Crippen LogP contribution in [0.2, 0.25) is 0 Å². The van der Waals surface area contributed by atoms with Crippen molar-refractivity contribution < 1.29 is 22.8 Å². The fourth-order valence-corrected chi connectivity index (χ4v) is 1.59. The highest BCUT2D eigenvalue weighted by Crippen LogP contribution is 2.29. The van der Waals surface area contributed by atoms with E-state index in [0.29, 0.717) is 6.07 Å². The second-order valence-corrected chi connectivity index (χ2v) is 4.23. The number of rotatable bonds is 2. The highest BCUT2D eigenvalue weighted by atomic mass is 19.4. The molecule has 0 saturated carbocycles. The van der Waals surface area contributed by atoms with Crippen molar-refractivity contribution in [3.8, 4) is 0 Å². The lowest BCUT2D eigenvalue weighted by Gasteiger charge is -2.10. The van der Waals surface area contributed by atoms with Crippen molar-refractivity contribution in [1.82, 2.24) is 15.8 Å². The van der Waals surface area contributed by atoms with Gasteiger partial charge in [-0.25, -0.2) is 0 Å². The van der Waals surface area contributed by atoms with Crippen LogP contribution in [0.1, 0.15) is 26.3 Å². The van der Waals surface area contributed by atoms with Gasteiger partial charge in [0, 0.05) is 18.0 Å². The van der Waals surface area contributed by atoms with Crippen LogP contribution in [0, 0.1) is 0 Å². The van der Waals surface area contributed by atoms with Crippen LogP contribution in [0.4, 0.5) is 13.2 Å². The highest BCUT2D eigenvalue weighted by Gasteiger charge is 2.30. The number of halogens is 3. The molecule has 0 atom stereocenters. The monoisotopic (exact) mass is 309 g/mol. The van der Waals surface area contributed by atoms with Crippen LogP contribution in [-0.2, 0) is 6.18 Å². The molecule has 0 bridgehead atoms. The lowest BCUT2D eigenvalue weighted by atomic mass is 10.1. The zero-order valence-electron chi connectivity index (χ0n) is 11.0.